The van der Waals surface area contributed by atoms with Crippen LogP contribution in [0.5, 0.6) is 5.75 Å². The van der Waals surface area contributed by atoms with E-state index in [2.05, 4.69) is 6.92 Å². The van der Waals surface area contributed by atoms with Gasteiger partial charge in [-0.05, 0) is 61.9 Å². The van der Waals surface area contributed by atoms with Crippen LogP contribution in [0.15, 0.2) is 29.8 Å². The first-order valence-corrected chi connectivity index (χ1v) is 7.10. The predicted octanol–water partition coefficient (Wildman–Crippen LogP) is 3.74. The first-order chi connectivity index (χ1) is 9.06. The fourth-order valence-corrected chi connectivity index (χ4v) is 3.92. The molecule has 0 heterocycles. The molecule has 2 heteroatoms. The molecule has 1 aromatic carbocycles. The highest BCUT2D eigenvalue weighted by Gasteiger charge is 2.48. The van der Waals surface area contributed by atoms with Crippen molar-refractivity contribution in [2.45, 2.75) is 45.4 Å². The van der Waals surface area contributed by atoms with Crippen molar-refractivity contribution < 1.29 is 9.90 Å². The van der Waals surface area contributed by atoms with Gasteiger partial charge in [0.2, 0.25) is 0 Å². The van der Waals surface area contributed by atoms with Gasteiger partial charge in [0.05, 0.1) is 0 Å². The maximum atomic E-state index is 12.5. The zero-order valence-electron chi connectivity index (χ0n) is 11.6. The predicted molar refractivity (Wildman–Crippen MR) is 75.3 cm³/mol. The van der Waals surface area contributed by atoms with E-state index in [9.17, 15) is 9.90 Å². The van der Waals surface area contributed by atoms with Crippen LogP contribution in [0.4, 0.5) is 0 Å². The van der Waals surface area contributed by atoms with Crippen molar-refractivity contribution in [2.24, 2.45) is 5.41 Å². The number of fused-ring (bicyclic) bond motifs is 3. The minimum Gasteiger partial charge on any atom is -0.508 e. The van der Waals surface area contributed by atoms with Crippen LogP contribution in [-0.2, 0) is 11.2 Å². The Labute approximate surface area is 114 Å². The summed E-state index contributed by atoms with van der Waals surface area (Å²) >= 11 is 0. The summed E-state index contributed by atoms with van der Waals surface area (Å²) in [6.07, 6.45) is 5.53. The lowest BCUT2D eigenvalue weighted by Crippen LogP contribution is -2.42. The molecule has 2 nitrogen and oxygen atoms in total. The lowest BCUT2D eigenvalue weighted by molar-refractivity contribution is -0.127. The molecule has 19 heavy (non-hydrogen) atoms. The molecule has 2 atom stereocenters. The van der Waals surface area contributed by atoms with Gasteiger partial charge in [-0.15, -0.1) is 0 Å². The van der Waals surface area contributed by atoms with E-state index in [4.69, 9.17) is 0 Å². The number of carbonyl (C=O) groups excluding carboxylic acids is 1. The topological polar surface area (TPSA) is 37.3 Å². The van der Waals surface area contributed by atoms with Crippen molar-refractivity contribution in [1.82, 2.24) is 0 Å². The Hall–Kier alpha value is -1.57. The van der Waals surface area contributed by atoms with Gasteiger partial charge in [-0.2, -0.15) is 0 Å². The number of benzene rings is 1. The molecular formula is C17H20O2. The Morgan fingerprint density at radius 2 is 2.21 bits per heavy atom. The second kappa shape index (κ2) is 4.22. The van der Waals surface area contributed by atoms with Crippen LogP contribution in [0.3, 0.4) is 0 Å². The normalized spacial score (nSPS) is 29.5. The number of carbonyl (C=O) groups is 1. The van der Waals surface area contributed by atoms with E-state index in [1.165, 1.54) is 16.7 Å². The van der Waals surface area contributed by atoms with Crippen molar-refractivity contribution in [3.05, 3.63) is 41.0 Å². The fourth-order valence-electron chi connectivity index (χ4n) is 3.92. The summed E-state index contributed by atoms with van der Waals surface area (Å²) in [7, 11) is 0. The summed E-state index contributed by atoms with van der Waals surface area (Å²) in [5.74, 6) is 0.930. The molecule has 2 aliphatic carbocycles. The van der Waals surface area contributed by atoms with Crippen molar-refractivity contribution >= 4 is 5.78 Å². The highest BCUT2D eigenvalue weighted by Crippen LogP contribution is 2.53. The van der Waals surface area contributed by atoms with Crippen LogP contribution in [-0.4, -0.2) is 10.9 Å². The molecule has 0 saturated heterocycles. The summed E-state index contributed by atoms with van der Waals surface area (Å²) in [4.78, 5) is 12.5. The fraction of sp³-hybridized carbons (Fsp3) is 0.471. The molecule has 0 radical (unpaired) electrons. The monoisotopic (exact) mass is 256 g/mol. The minimum absolute atomic E-state index is 0.205. The van der Waals surface area contributed by atoms with Gasteiger partial charge in [-0.3, -0.25) is 4.79 Å². The van der Waals surface area contributed by atoms with Crippen LogP contribution in [0.1, 0.15) is 50.2 Å². The third-order valence-corrected chi connectivity index (χ3v) is 5.03. The molecule has 1 N–H and O–H groups in total. The highest BCUT2D eigenvalue weighted by molar-refractivity contribution is 5.97. The molecule has 1 aromatic rings. The maximum absolute atomic E-state index is 12.5. The number of allylic oxidation sites excluding steroid dienone is 2. The molecule has 0 saturated carbocycles. The summed E-state index contributed by atoms with van der Waals surface area (Å²) in [6.45, 7) is 4.18. The summed E-state index contributed by atoms with van der Waals surface area (Å²) in [5, 5.41) is 9.63. The molecule has 0 unspecified atom stereocenters. The van der Waals surface area contributed by atoms with Crippen molar-refractivity contribution in [1.29, 1.82) is 0 Å². The Morgan fingerprint density at radius 1 is 1.42 bits per heavy atom. The van der Waals surface area contributed by atoms with Crippen molar-refractivity contribution in [3.8, 4) is 5.75 Å². The Bertz CT molecular complexity index is 571. The van der Waals surface area contributed by atoms with E-state index < -0.39 is 0 Å². The van der Waals surface area contributed by atoms with E-state index in [1.807, 2.05) is 25.1 Å². The molecule has 2 aliphatic rings. The average molecular weight is 256 g/mol. The molecule has 0 bridgehead atoms. The number of hydrogen-bond donors (Lipinski definition) is 1. The molecule has 0 fully saturated rings. The molecule has 0 amide bonds. The third kappa shape index (κ3) is 1.73. The van der Waals surface area contributed by atoms with Gasteiger partial charge >= 0.3 is 0 Å². The molecule has 0 spiro atoms. The van der Waals surface area contributed by atoms with Crippen LogP contribution < -0.4 is 0 Å². The maximum Gasteiger partial charge on any atom is 0.162 e. The van der Waals surface area contributed by atoms with Gasteiger partial charge in [0, 0.05) is 11.3 Å². The summed E-state index contributed by atoms with van der Waals surface area (Å²) in [6, 6.07) is 5.64. The van der Waals surface area contributed by atoms with E-state index in [-0.39, 0.29) is 5.41 Å². The van der Waals surface area contributed by atoms with E-state index >= 15 is 0 Å². The Kier molecular flexibility index (Phi) is 2.77. The molecule has 0 aromatic heterocycles. The van der Waals surface area contributed by atoms with Crippen LogP contribution >= 0.6 is 0 Å². The first kappa shape index (κ1) is 12.5. The number of ketones is 1. The van der Waals surface area contributed by atoms with Gasteiger partial charge in [0.1, 0.15) is 5.75 Å². The lowest BCUT2D eigenvalue weighted by atomic mass is 9.56. The van der Waals surface area contributed by atoms with Crippen molar-refractivity contribution in [3.63, 3.8) is 0 Å². The Balaban J connectivity index is 2.15. The average Bonchev–Trinajstić information content (AvgIpc) is 2.38. The van der Waals surface area contributed by atoms with Gasteiger partial charge < -0.3 is 5.11 Å². The molecular weight excluding hydrogens is 236 g/mol. The quantitative estimate of drug-likeness (QED) is 0.831. The van der Waals surface area contributed by atoms with E-state index in [0.29, 0.717) is 17.5 Å². The van der Waals surface area contributed by atoms with Crippen LogP contribution in [0, 0.1) is 5.41 Å². The largest absolute Gasteiger partial charge is 0.508 e. The minimum atomic E-state index is -0.205. The number of hydrogen-bond acceptors (Lipinski definition) is 2. The second-order valence-electron chi connectivity index (χ2n) is 6.00. The van der Waals surface area contributed by atoms with E-state index in [1.54, 1.807) is 6.07 Å². The smallest absolute Gasteiger partial charge is 0.162 e. The number of phenols is 1. The van der Waals surface area contributed by atoms with Gasteiger partial charge in [0.25, 0.3) is 0 Å². The van der Waals surface area contributed by atoms with Gasteiger partial charge in [-0.25, -0.2) is 0 Å². The third-order valence-electron chi connectivity index (χ3n) is 5.03. The Morgan fingerprint density at radius 3 is 2.95 bits per heavy atom. The van der Waals surface area contributed by atoms with Crippen LogP contribution in [0.25, 0.3) is 0 Å². The highest BCUT2D eigenvalue weighted by atomic mass is 16.3. The number of phenolic OH excluding ortho intramolecular Hbond substituents is 1. The summed E-state index contributed by atoms with van der Waals surface area (Å²) < 4.78 is 0. The number of aryl methyl sites for hydroxylation is 1. The SMILES string of the molecule is CC[C@@]12CCc3cc(O)ccc3[C@@H]1CC(C)=CC2=O. The van der Waals surface area contributed by atoms with Crippen molar-refractivity contribution in [2.75, 3.05) is 0 Å². The molecule has 100 valence electrons. The van der Waals surface area contributed by atoms with E-state index in [0.717, 1.165) is 25.7 Å². The molecule has 3 rings (SSSR count). The number of aromatic hydroxyl groups is 1. The zero-order chi connectivity index (χ0) is 13.6. The molecule has 0 aliphatic heterocycles. The summed E-state index contributed by atoms with van der Waals surface area (Å²) in [5.41, 5.74) is 3.46. The first-order valence-electron chi connectivity index (χ1n) is 7.10. The standard InChI is InChI=1S/C17H20O2/c1-3-17-7-6-12-10-13(18)4-5-14(12)15(17)8-11(2)9-16(17)19/h4-5,9-10,15,18H,3,6-8H2,1-2H3/t15-,17+/m0/s1. The number of rotatable bonds is 1. The second-order valence-corrected chi connectivity index (χ2v) is 6.00. The van der Waals surface area contributed by atoms with Gasteiger partial charge in [0.15, 0.2) is 5.78 Å². The lowest BCUT2D eigenvalue weighted by Gasteiger charge is -2.45. The van der Waals surface area contributed by atoms with Gasteiger partial charge in [-0.1, -0.05) is 18.6 Å². The van der Waals surface area contributed by atoms with Crippen LogP contribution in [0.2, 0.25) is 0 Å². The zero-order valence-corrected chi connectivity index (χ0v) is 11.6.